The number of nitrogens with one attached hydrogen (secondary N) is 1. The van der Waals surface area contributed by atoms with Crippen molar-refractivity contribution in [3.8, 4) is 0 Å². The van der Waals surface area contributed by atoms with Crippen LogP contribution in [-0.4, -0.2) is 75.5 Å². The van der Waals surface area contributed by atoms with E-state index in [1.54, 1.807) is 27.0 Å². The summed E-state index contributed by atoms with van der Waals surface area (Å²) in [5.74, 6) is 0.137. The van der Waals surface area contributed by atoms with Gasteiger partial charge in [-0.3, -0.25) is 18.9 Å². The van der Waals surface area contributed by atoms with E-state index in [-0.39, 0.29) is 31.1 Å². The summed E-state index contributed by atoms with van der Waals surface area (Å²) in [6, 6.07) is 0. The van der Waals surface area contributed by atoms with Crippen LogP contribution in [0.5, 0.6) is 0 Å². The Kier molecular flexibility index (Phi) is 7.90. The van der Waals surface area contributed by atoms with Crippen LogP contribution in [0.3, 0.4) is 0 Å². The van der Waals surface area contributed by atoms with Gasteiger partial charge in [-0.05, 0) is 25.7 Å². The molecule has 2 aliphatic heterocycles. The third-order valence-corrected chi connectivity index (χ3v) is 9.70. The average Bonchev–Trinajstić information content (AvgIpc) is 3.46. The van der Waals surface area contributed by atoms with Gasteiger partial charge in [0.1, 0.15) is 12.2 Å². The fraction of sp³-hybridized carbons (Fsp3) is 0.739. The molecule has 4 rings (SSSR count). The first-order chi connectivity index (χ1) is 17.7. The van der Waals surface area contributed by atoms with Gasteiger partial charge in [0.2, 0.25) is 0 Å². The number of hydrogen-bond donors (Lipinski definition) is 4. The van der Waals surface area contributed by atoms with E-state index in [1.165, 1.54) is 10.9 Å². The van der Waals surface area contributed by atoms with E-state index in [0.29, 0.717) is 12.8 Å². The van der Waals surface area contributed by atoms with Crippen molar-refractivity contribution < 1.29 is 33.7 Å². The highest BCUT2D eigenvalue weighted by molar-refractivity contribution is 7.54. The molecule has 7 atom stereocenters. The smallest absolute Gasteiger partial charge is 0.362 e. The summed E-state index contributed by atoms with van der Waals surface area (Å²) in [5.41, 5.74) is -1.77. The molecule has 14 nitrogen and oxygen atoms in total. The van der Waals surface area contributed by atoms with Crippen LogP contribution < -0.4 is 11.2 Å². The second-order valence-corrected chi connectivity index (χ2v) is 12.6. The second-order valence-electron chi connectivity index (χ2n) is 10.6. The number of hydrogen-bond acceptors (Lipinski definition) is 10. The van der Waals surface area contributed by atoms with Crippen molar-refractivity contribution in [2.45, 2.75) is 102 Å². The molecule has 4 heterocycles. The number of aliphatic hydroxyl groups is 2. The summed E-state index contributed by atoms with van der Waals surface area (Å²) in [6.45, 7) is 9.15. The topological polar surface area (TPSA) is 194 Å². The van der Waals surface area contributed by atoms with Gasteiger partial charge in [-0.25, -0.2) is 9.48 Å². The third-order valence-electron chi connectivity index (χ3n) is 7.40. The minimum absolute atomic E-state index is 0.0128. The summed E-state index contributed by atoms with van der Waals surface area (Å²) in [7, 11) is -4.18. The van der Waals surface area contributed by atoms with E-state index in [2.05, 4.69) is 15.3 Å². The average molecular weight is 558 g/mol. The van der Waals surface area contributed by atoms with E-state index in [4.69, 9.17) is 14.0 Å². The molecule has 38 heavy (non-hydrogen) atoms. The maximum atomic E-state index is 13.0. The van der Waals surface area contributed by atoms with Gasteiger partial charge in [0.05, 0.1) is 36.1 Å². The predicted molar refractivity (Wildman–Crippen MR) is 134 cm³/mol. The molecule has 0 radical (unpaired) electrons. The normalized spacial score (nSPS) is 30.3. The van der Waals surface area contributed by atoms with E-state index in [1.807, 2.05) is 13.8 Å². The molecule has 7 unspecified atom stereocenters. The predicted octanol–water partition coefficient (Wildman–Crippen LogP) is 0.816. The molecule has 4 N–H and O–H groups in total. The minimum Gasteiger partial charge on any atom is -0.388 e. The highest BCUT2D eigenvalue weighted by Crippen LogP contribution is 2.66. The Labute approximate surface area is 219 Å². The zero-order chi connectivity index (χ0) is 28.0. The van der Waals surface area contributed by atoms with Gasteiger partial charge >= 0.3 is 13.3 Å². The number of rotatable bonds is 11. The zero-order valence-electron chi connectivity index (χ0n) is 22.1. The number of aromatic nitrogens is 5. The van der Waals surface area contributed by atoms with E-state index >= 15 is 0 Å². The minimum atomic E-state index is -4.18. The summed E-state index contributed by atoms with van der Waals surface area (Å²) < 4.78 is 32.3. The Hall–Kier alpha value is -2.19. The molecule has 0 spiro atoms. The van der Waals surface area contributed by atoms with Crippen LogP contribution in [0.25, 0.3) is 0 Å². The zero-order valence-corrected chi connectivity index (χ0v) is 23.0. The quantitative estimate of drug-likeness (QED) is 0.226. The van der Waals surface area contributed by atoms with Crippen LogP contribution in [0.2, 0.25) is 0 Å². The first-order valence-electron chi connectivity index (χ1n) is 12.7. The van der Waals surface area contributed by atoms with Gasteiger partial charge in [-0.2, -0.15) is 0 Å². The molecule has 0 aliphatic carbocycles. The molecule has 212 valence electrons. The second kappa shape index (κ2) is 10.4. The monoisotopic (exact) mass is 557 g/mol. The number of nitrogens with zero attached hydrogens (tertiary/aromatic N) is 4. The van der Waals surface area contributed by atoms with Crippen molar-refractivity contribution >= 4 is 7.60 Å². The highest BCUT2D eigenvalue weighted by atomic mass is 31.2. The van der Waals surface area contributed by atoms with Crippen LogP contribution >= 0.6 is 7.60 Å². The van der Waals surface area contributed by atoms with Crippen LogP contribution in [0, 0.1) is 0 Å². The van der Waals surface area contributed by atoms with Crippen LogP contribution in [-0.2, 0) is 25.1 Å². The van der Waals surface area contributed by atoms with Crippen molar-refractivity contribution in [2.75, 3.05) is 6.61 Å². The fourth-order valence-corrected chi connectivity index (χ4v) is 6.25. The van der Waals surface area contributed by atoms with Crippen LogP contribution in [0.1, 0.15) is 77.3 Å². The molecule has 0 amide bonds. The lowest BCUT2D eigenvalue weighted by Crippen LogP contribution is -2.40. The standard InChI is InChI=1S/C23H36N5O9P/c1-6-22(5,37-38(33,34)23(7-2)12-35-23)8-16-17(29)18(30)20(36-16)28-10-14(19(31)24-21(28)32)9-27-11-15(13(3)4)25-26-27/h10-11,13,16-18,20,29-30H,6-9,12H2,1-5H3,(H,33,34)(H,24,31,32). The molecule has 0 saturated carbocycles. The van der Waals surface area contributed by atoms with Crippen molar-refractivity contribution in [3.63, 3.8) is 0 Å². The van der Waals surface area contributed by atoms with Crippen molar-refractivity contribution in [3.05, 3.63) is 44.5 Å². The van der Waals surface area contributed by atoms with Gasteiger partial charge in [0.25, 0.3) is 5.56 Å². The number of ether oxygens (including phenoxy) is 2. The molecule has 2 aliphatic rings. The number of H-pyrrole nitrogens is 1. The molecule has 0 aromatic carbocycles. The van der Waals surface area contributed by atoms with Crippen LogP contribution in [0.15, 0.2) is 22.0 Å². The number of aromatic amines is 1. The first-order valence-corrected chi connectivity index (χ1v) is 14.3. The van der Waals surface area contributed by atoms with Gasteiger partial charge in [0, 0.05) is 18.8 Å². The molecule has 2 saturated heterocycles. The SMILES string of the molecule is CCC(C)(CC1OC(n2cc(Cn3cc(C(C)C)nn3)c(=O)[nH]c2=O)C(O)C1O)OP(=O)(O)C1(CC)CO1. The molecular formula is C23H36N5O9P. The van der Waals surface area contributed by atoms with Gasteiger partial charge in [-0.1, -0.05) is 32.9 Å². The largest absolute Gasteiger partial charge is 0.388 e. The molecule has 2 fully saturated rings. The molecule has 0 bridgehead atoms. The summed E-state index contributed by atoms with van der Waals surface area (Å²) in [5, 5.41) is 28.4. The highest BCUT2D eigenvalue weighted by Gasteiger charge is 2.61. The van der Waals surface area contributed by atoms with E-state index in [9.17, 15) is 29.3 Å². The maximum Gasteiger partial charge on any atom is 0.362 e. The molecule has 2 aromatic rings. The maximum absolute atomic E-state index is 13.0. The van der Waals surface area contributed by atoms with Crippen molar-refractivity contribution in [1.29, 1.82) is 0 Å². The summed E-state index contributed by atoms with van der Waals surface area (Å²) in [4.78, 5) is 37.9. The lowest BCUT2D eigenvalue weighted by Gasteiger charge is -2.34. The Balaban J connectivity index is 1.54. The van der Waals surface area contributed by atoms with E-state index < -0.39 is 54.3 Å². The van der Waals surface area contributed by atoms with Crippen molar-refractivity contribution in [2.24, 2.45) is 0 Å². The lowest BCUT2D eigenvalue weighted by atomic mass is 9.93. The third kappa shape index (κ3) is 5.44. The summed E-state index contributed by atoms with van der Waals surface area (Å²) >= 11 is 0. The summed E-state index contributed by atoms with van der Waals surface area (Å²) in [6.07, 6.45) is -1.82. The van der Waals surface area contributed by atoms with Gasteiger partial charge in [-0.15, -0.1) is 5.10 Å². The van der Waals surface area contributed by atoms with Crippen molar-refractivity contribution in [1.82, 2.24) is 24.5 Å². The Morgan fingerprint density at radius 1 is 1.29 bits per heavy atom. The fourth-order valence-electron chi connectivity index (χ4n) is 4.49. The Morgan fingerprint density at radius 2 is 1.97 bits per heavy atom. The van der Waals surface area contributed by atoms with Crippen LogP contribution in [0.4, 0.5) is 0 Å². The number of epoxide rings is 1. The Bertz CT molecular complexity index is 1320. The van der Waals surface area contributed by atoms with Gasteiger partial charge < -0.3 is 29.1 Å². The number of aliphatic hydroxyl groups excluding tert-OH is 2. The van der Waals surface area contributed by atoms with Gasteiger partial charge in [0.15, 0.2) is 11.6 Å². The lowest BCUT2D eigenvalue weighted by molar-refractivity contribution is -0.0689. The molecule has 2 aromatic heterocycles. The Morgan fingerprint density at radius 3 is 2.53 bits per heavy atom. The van der Waals surface area contributed by atoms with E-state index in [0.717, 1.165) is 10.3 Å². The molecule has 15 heteroatoms. The molecular weight excluding hydrogens is 521 g/mol. The first kappa shape index (κ1) is 28.8.